The molecule has 0 amide bonds. The van der Waals surface area contributed by atoms with Crippen LogP contribution < -0.4 is 0 Å². The Labute approximate surface area is 70.2 Å². The molecule has 0 saturated heterocycles. The molecule has 0 aromatic heterocycles. The summed E-state index contributed by atoms with van der Waals surface area (Å²) in [4.78, 5) is 14.6. The molecule has 1 fully saturated rings. The van der Waals surface area contributed by atoms with Gasteiger partial charge in [-0.25, -0.2) is 9.79 Å². The van der Waals surface area contributed by atoms with E-state index in [1.165, 1.54) is 0 Å². The fraction of sp³-hybridized carbons (Fsp3) is 0.750. The zero-order chi connectivity index (χ0) is 8.72. The second-order valence-electron chi connectivity index (χ2n) is 3.35. The number of hydrogen-bond acceptors (Lipinski definition) is 3. The fourth-order valence-corrected chi connectivity index (χ4v) is 1.54. The summed E-state index contributed by atoms with van der Waals surface area (Å²) in [6, 6.07) is -0.655. The molecule has 1 heterocycles. The first-order valence-corrected chi connectivity index (χ1v) is 4.12. The summed E-state index contributed by atoms with van der Waals surface area (Å²) < 4.78 is 5.33. The van der Waals surface area contributed by atoms with Crippen molar-refractivity contribution in [3.8, 4) is 0 Å². The lowest BCUT2D eigenvalue weighted by atomic mass is 10.1. The van der Waals surface area contributed by atoms with E-state index < -0.39 is 12.0 Å². The number of aliphatic imine (C=N–C) groups is 1. The molecule has 1 saturated carbocycles. The highest BCUT2D eigenvalue weighted by Crippen LogP contribution is 2.38. The lowest BCUT2D eigenvalue weighted by Crippen LogP contribution is -2.31. The molecule has 0 radical (unpaired) electrons. The van der Waals surface area contributed by atoms with Crippen LogP contribution in [-0.4, -0.2) is 29.1 Å². The standard InChI is InChI=1S/C8H11NO3/c1-4-9-6(8(10)11)7(12-4)5-2-3-5/h5-7H,2-3H2,1H3,(H,10,11). The third-order valence-electron chi connectivity index (χ3n) is 2.28. The molecule has 0 spiro atoms. The van der Waals surface area contributed by atoms with Crippen molar-refractivity contribution in [2.45, 2.75) is 31.9 Å². The van der Waals surface area contributed by atoms with Gasteiger partial charge in [0.2, 0.25) is 0 Å². The molecule has 66 valence electrons. The van der Waals surface area contributed by atoms with Crippen molar-refractivity contribution >= 4 is 11.9 Å². The number of carboxylic acids is 1. The lowest BCUT2D eigenvalue weighted by Gasteiger charge is -2.12. The molecule has 1 aliphatic carbocycles. The highest BCUT2D eigenvalue weighted by Gasteiger charge is 2.45. The molecule has 0 aromatic rings. The Morgan fingerprint density at radius 3 is 2.83 bits per heavy atom. The van der Waals surface area contributed by atoms with Crippen LogP contribution in [0.4, 0.5) is 0 Å². The van der Waals surface area contributed by atoms with Crippen molar-refractivity contribution in [3.05, 3.63) is 0 Å². The summed E-state index contributed by atoms with van der Waals surface area (Å²) in [7, 11) is 0. The van der Waals surface area contributed by atoms with E-state index in [1.54, 1.807) is 6.92 Å². The number of aliphatic carboxylic acids is 1. The van der Waals surface area contributed by atoms with Crippen molar-refractivity contribution in [1.29, 1.82) is 0 Å². The number of carboxylic acid groups (broad SMARTS) is 1. The van der Waals surface area contributed by atoms with Crippen LogP contribution in [0.2, 0.25) is 0 Å². The first kappa shape index (κ1) is 7.58. The van der Waals surface area contributed by atoms with Crippen molar-refractivity contribution < 1.29 is 14.6 Å². The molecule has 2 atom stereocenters. The van der Waals surface area contributed by atoms with E-state index >= 15 is 0 Å². The monoisotopic (exact) mass is 169 g/mol. The molecular weight excluding hydrogens is 158 g/mol. The van der Waals surface area contributed by atoms with E-state index in [0.29, 0.717) is 11.8 Å². The number of ether oxygens (including phenoxy) is 1. The molecule has 1 N–H and O–H groups in total. The van der Waals surface area contributed by atoms with Crippen LogP contribution in [0.1, 0.15) is 19.8 Å². The minimum absolute atomic E-state index is 0.192. The first-order chi connectivity index (χ1) is 5.68. The van der Waals surface area contributed by atoms with Gasteiger partial charge in [0.25, 0.3) is 0 Å². The van der Waals surface area contributed by atoms with Crippen molar-refractivity contribution in [1.82, 2.24) is 0 Å². The summed E-state index contributed by atoms with van der Waals surface area (Å²) in [6.45, 7) is 1.71. The van der Waals surface area contributed by atoms with Gasteiger partial charge >= 0.3 is 5.97 Å². The number of nitrogens with zero attached hydrogens (tertiary/aromatic N) is 1. The van der Waals surface area contributed by atoms with Gasteiger partial charge in [-0.1, -0.05) is 0 Å². The minimum atomic E-state index is -0.872. The summed E-state index contributed by atoms with van der Waals surface area (Å²) in [6.07, 6.45) is 1.97. The molecule has 4 nitrogen and oxygen atoms in total. The van der Waals surface area contributed by atoms with Crippen LogP contribution in [-0.2, 0) is 9.53 Å². The largest absolute Gasteiger partial charge is 0.480 e. The van der Waals surface area contributed by atoms with Crippen LogP contribution >= 0.6 is 0 Å². The number of carbonyl (C=O) groups is 1. The Kier molecular flexibility index (Phi) is 1.56. The van der Waals surface area contributed by atoms with Gasteiger partial charge in [-0.05, 0) is 18.8 Å². The van der Waals surface area contributed by atoms with Crippen molar-refractivity contribution in [2.24, 2.45) is 10.9 Å². The minimum Gasteiger partial charge on any atom is -0.480 e. The molecule has 4 heteroatoms. The third-order valence-corrected chi connectivity index (χ3v) is 2.28. The van der Waals surface area contributed by atoms with Crippen LogP contribution in [0.5, 0.6) is 0 Å². The number of rotatable bonds is 2. The highest BCUT2D eigenvalue weighted by atomic mass is 16.5. The molecule has 2 aliphatic rings. The van der Waals surface area contributed by atoms with E-state index in [4.69, 9.17) is 9.84 Å². The van der Waals surface area contributed by atoms with Gasteiger partial charge in [0.1, 0.15) is 6.10 Å². The molecule has 2 rings (SSSR count). The quantitative estimate of drug-likeness (QED) is 0.660. The van der Waals surface area contributed by atoms with E-state index in [-0.39, 0.29) is 6.10 Å². The van der Waals surface area contributed by atoms with Gasteiger partial charge in [-0.15, -0.1) is 0 Å². The zero-order valence-electron chi connectivity index (χ0n) is 6.86. The van der Waals surface area contributed by atoms with Crippen LogP contribution in [0.15, 0.2) is 4.99 Å². The van der Waals surface area contributed by atoms with Gasteiger partial charge in [0.05, 0.1) is 0 Å². The van der Waals surface area contributed by atoms with Gasteiger partial charge in [-0.2, -0.15) is 0 Å². The molecule has 2 unspecified atom stereocenters. The van der Waals surface area contributed by atoms with Crippen LogP contribution in [0.3, 0.4) is 0 Å². The van der Waals surface area contributed by atoms with Crippen LogP contribution in [0.25, 0.3) is 0 Å². The summed E-state index contributed by atoms with van der Waals surface area (Å²) in [5.74, 6) is 0.0651. The molecule has 12 heavy (non-hydrogen) atoms. The van der Waals surface area contributed by atoms with E-state index in [1.807, 2.05) is 0 Å². The maximum atomic E-state index is 10.7. The SMILES string of the molecule is CC1=NC(C(=O)O)C(C2CC2)O1. The van der Waals surface area contributed by atoms with Crippen LogP contribution in [0, 0.1) is 5.92 Å². The summed E-state index contributed by atoms with van der Waals surface area (Å²) in [5, 5.41) is 8.79. The Hall–Kier alpha value is -1.06. The van der Waals surface area contributed by atoms with Gasteiger partial charge in [-0.3, -0.25) is 0 Å². The predicted octanol–water partition coefficient (Wildman–Crippen LogP) is 0.667. The molecule has 0 aromatic carbocycles. The fourth-order valence-electron chi connectivity index (χ4n) is 1.54. The maximum absolute atomic E-state index is 10.7. The van der Waals surface area contributed by atoms with E-state index in [9.17, 15) is 4.79 Å². The second kappa shape index (κ2) is 2.47. The normalized spacial score (nSPS) is 34.2. The Morgan fingerprint density at radius 1 is 1.67 bits per heavy atom. The predicted molar refractivity (Wildman–Crippen MR) is 42.1 cm³/mol. The summed E-state index contributed by atoms with van der Waals surface area (Å²) in [5.41, 5.74) is 0. The topological polar surface area (TPSA) is 58.9 Å². The van der Waals surface area contributed by atoms with Crippen molar-refractivity contribution in [3.63, 3.8) is 0 Å². The van der Waals surface area contributed by atoms with Gasteiger partial charge < -0.3 is 9.84 Å². The maximum Gasteiger partial charge on any atom is 0.332 e. The Balaban J connectivity index is 2.11. The van der Waals surface area contributed by atoms with Gasteiger partial charge in [0.15, 0.2) is 11.9 Å². The number of hydrogen-bond donors (Lipinski definition) is 1. The summed E-state index contributed by atoms with van der Waals surface area (Å²) >= 11 is 0. The average Bonchev–Trinajstić information content (AvgIpc) is 2.75. The molecule has 1 aliphatic heterocycles. The first-order valence-electron chi connectivity index (χ1n) is 4.12. The Morgan fingerprint density at radius 2 is 2.33 bits per heavy atom. The molecule has 0 bridgehead atoms. The Bertz CT molecular complexity index is 245. The van der Waals surface area contributed by atoms with E-state index in [2.05, 4.69) is 4.99 Å². The zero-order valence-corrected chi connectivity index (χ0v) is 6.86. The third kappa shape index (κ3) is 1.17. The molecular formula is C8H11NO3. The second-order valence-corrected chi connectivity index (χ2v) is 3.35. The van der Waals surface area contributed by atoms with Gasteiger partial charge in [0, 0.05) is 6.92 Å². The smallest absolute Gasteiger partial charge is 0.332 e. The van der Waals surface area contributed by atoms with E-state index in [0.717, 1.165) is 12.8 Å². The highest BCUT2D eigenvalue weighted by molar-refractivity contribution is 5.84. The lowest BCUT2D eigenvalue weighted by molar-refractivity contribution is -0.140. The average molecular weight is 169 g/mol. The van der Waals surface area contributed by atoms with Crippen molar-refractivity contribution in [2.75, 3.05) is 0 Å².